The van der Waals surface area contributed by atoms with Crippen LogP contribution in [0, 0.1) is 0 Å². The van der Waals surface area contributed by atoms with Crippen LogP contribution in [0.1, 0.15) is 12.5 Å². The first-order valence-corrected chi connectivity index (χ1v) is 10.7. The Kier molecular flexibility index (Phi) is 6.48. The zero-order valence-corrected chi connectivity index (χ0v) is 17.7. The molecule has 3 aromatic rings. The highest BCUT2D eigenvalue weighted by molar-refractivity contribution is 7.92. The van der Waals surface area contributed by atoms with Crippen LogP contribution in [0.5, 0.6) is 5.88 Å². The monoisotopic (exact) mass is 486 g/mol. The number of nitrogens with zero attached hydrogens (tertiary/aromatic N) is 3. The van der Waals surface area contributed by atoms with Gasteiger partial charge < -0.3 is 9.84 Å². The smallest absolute Gasteiger partial charge is 0.493 e. The molecule has 0 unspecified atom stereocenters. The Morgan fingerprint density at radius 1 is 1.21 bits per heavy atom. The van der Waals surface area contributed by atoms with Crippen molar-refractivity contribution in [1.29, 1.82) is 0 Å². The molecule has 0 aliphatic rings. The summed E-state index contributed by atoms with van der Waals surface area (Å²) in [5.74, 6) is -0.352. The van der Waals surface area contributed by atoms with Gasteiger partial charge in [0.25, 0.3) is 9.84 Å². The summed E-state index contributed by atoms with van der Waals surface area (Å²) in [5.41, 5.74) is -5.72. The summed E-state index contributed by atoms with van der Waals surface area (Å²) in [5, 5.41) is 12.6. The number of hydrogen-bond acceptors (Lipinski definition) is 7. The number of imidazole rings is 1. The Bertz CT molecular complexity index is 1330. The molecule has 0 aliphatic carbocycles. The third kappa shape index (κ3) is 5.00. The van der Waals surface area contributed by atoms with Gasteiger partial charge in [-0.25, -0.2) is 27.6 Å². The largest absolute Gasteiger partial charge is 0.501 e. The summed E-state index contributed by atoms with van der Waals surface area (Å²) in [4.78, 5) is 27.2. The van der Waals surface area contributed by atoms with Crippen molar-refractivity contribution in [3.63, 3.8) is 0 Å². The number of carbonyl (C=O) groups is 1. The second kappa shape index (κ2) is 8.97. The Hall–Kier alpha value is -3.81. The van der Waals surface area contributed by atoms with E-state index in [1.54, 1.807) is 13.0 Å². The maximum atomic E-state index is 12.7. The van der Waals surface area contributed by atoms with Crippen LogP contribution in [0.2, 0.25) is 0 Å². The molecule has 0 radical (unpaired) electrons. The van der Waals surface area contributed by atoms with E-state index >= 15 is 0 Å². The molecule has 0 bridgehead atoms. The van der Waals surface area contributed by atoms with E-state index in [4.69, 9.17) is 4.74 Å². The number of halogens is 3. The number of amides is 1. The molecule has 0 fully saturated rings. The third-order valence-electron chi connectivity index (χ3n) is 4.33. The minimum atomic E-state index is -5.55. The van der Waals surface area contributed by atoms with E-state index in [2.05, 4.69) is 10.3 Å². The van der Waals surface area contributed by atoms with Gasteiger partial charge in [0.05, 0.1) is 29.9 Å². The van der Waals surface area contributed by atoms with E-state index in [0.29, 0.717) is 17.7 Å². The third-order valence-corrected chi connectivity index (χ3v) is 5.83. The Morgan fingerprint density at radius 2 is 1.88 bits per heavy atom. The van der Waals surface area contributed by atoms with Crippen LogP contribution in [-0.4, -0.2) is 45.9 Å². The van der Waals surface area contributed by atoms with Gasteiger partial charge in [-0.05, 0) is 48.9 Å². The highest BCUT2D eigenvalue weighted by atomic mass is 32.2. The number of carbonyl (C=O) groups excluding carboxylic acids is 1. The average Bonchev–Trinajstić information content (AvgIpc) is 3.00. The van der Waals surface area contributed by atoms with Gasteiger partial charge in [0.2, 0.25) is 5.88 Å². The van der Waals surface area contributed by atoms with E-state index in [-0.39, 0.29) is 24.7 Å². The van der Waals surface area contributed by atoms with Crippen LogP contribution in [-0.2, 0) is 21.1 Å². The van der Waals surface area contributed by atoms with E-state index in [1.165, 1.54) is 12.3 Å². The number of aromatic nitrogens is 3. The Morgan fingerprint density at radius 3 is 2.48 bits per heavy atom. The standard InChI is InChI=1S/C19H17F3N4O6S/c1-2-32-17(28)24-15-9-12(7-8-23-15)10-25-11-16(27)26(18(25)29)13-3-5-14(6-4-13)33(30,31)19(20,21)22/h3-9,11,27H,2,10H2,1H3,(H,23,24,28). The molecule has 176 valence electrons. The normalized spacial score (nSPS) is 11.9. The number of rotatable bonds is 6. The fourth-order valence-electron chi connectivity index (χ4n) is 2.85. The van der Waals surface area contributed by atoms with Gasteiger partial charge >= 0.3 is 17.3 Å². The van der Waals surface area contributed by atoms with Crippen molar-refractivity contribution in [2.24, 2.45) is 0 Å². The molecule has 2 N–H and O–H groups in total. The molecule has 0 atom stereocenters. The number of alkyl halides is 3. The highest BCUT2D eigenvalue weighted by Gasteiger charge is 2.46. The van der Waals surface area contributed by atoms with Crippen LogP contribution in [0.15, 0.2) is 58.5 Å². The molecule has 3 rings (SSSR count). The van der Waals surface area contributed by atoms with Crippen molar-refractivity contribution in [1.82, 2.24) is 14.1 Å². The fraction of sp³-hybridized carbons (Fsp3) is 0.211. The first kappa shape index (κ1) is 23.8. The highest BCUT2D eigenvalue weighted by Crippen LogP contribution is 2.30. The van der Waals surface area contributed by atoms with Gasteiger partial charge in [-0.15, -0.1) is 0 Å². The number of ether oxygens (including phenoxy) is 1. The van der Waals surface area contributed by atoms with Gasteiger partial charge in [-0.1, -0.05) is 0 Å². The van der Waals surface area contributed by atoms with E-state index in [9.17, 15) is 36.3 Å². The number of pyridine rings is 1. The van der Waals surface area contributed by atoms with Gasteiger partial charge in [-0.2, -0.15) is 13.2 Å². The quantitative estimate of drug-likeness (QED) is 0.547. The summed E-state index contributed by atoms with van der Waals surface area (Å²) >= 11 is 0. The molecule has 2 aromatic heterocycles. The molecule has 14 heteroatoms. The van der Waals surface area contributed by atoms with Crippen molar-refractivity contribution in [2.45, 2.75) is 23.9 Å². The van der Waals surface area contributed by atoms with Crippen molar-refractivity contribution in [3.8, 4) is 11.6 Å². The van der Waals surface area contributed by atoms with Crippen molar-refractivity contribution < 1.29 is 36.2 Å². The number of nitrogens with one attached hydrogen (secondary N) is 1. The van der Waals surface area contributed by atoms with Gasteiger partial charge in [0, 0.05) is 6.20 Å². The predicted octanol–water partition coefficient (Wildman–Crippen LogP) is 2.65. The molecule has 33 heavy (non-hydrogen) atoms. The lowest BCUT2D eigenvalue weighted by molar-refractivity contribution is -0.0436. The van der Waals surface area contributed by atoms with Crippen LogP contribution in [0.3, 0.4) is 0 Å². The van der Waals surface area contributed by atoms with Crippen molar-refractivity contribution in [2.75, 3.05) is 11.9 Å². The maximum absolute atomic E-state index is 12.7. The lowest BCUT2D eigenvalue weighted by Gasteiger charge is -2.09. The van der Waals surface area contributed by atoms with Crippen LogP contribution in [0.25, 0.3) is 5.69 Å². The van der Waals surface area contributed by atoms with E-state index < -0.39 is 37.9 Å². The number of anilines is 1. The first-order chi connectivity index (χ1) is 15.4. The Labute approximate surface area is 184 Å². The molecule has 1 amide bonds. The molecule has 0 aliphatic heterocycles. The molecule has 2 heterocycles. The molecule has 10 nitrogen and oxygen atoms in total. The molecule has 0 saturated carbocycles. The molecule has 1 aromatic carbocycles. The van der Waals surface area contributed by atoms with Crippen LogP contribution in [0.4, 0.5) is 23.8 Å². The minimum absolute atomic E-state index is 0.0417. The van der Waals surface area contributed by atoms with Gasteiger partial charge in [0.15, 0.2) is 0 Å². The van der Waals surface area contributed by atoms with Crippen LogP contribution >= 0.6 is 0 Å². The second-order valence-electron chi connectivity index (χ2n) is 6.57. The zero-order valence-electron chi connectivity index (χ0n) is 16.9. The lowest BCUT2D eigenvalue weighted by Crippen LogP contribution is -2.24. The maximum Gasteiger partial charge on any atom is 0.501 e. The zero-order chi connectivity index (χ0) is 24.4. The lowest BCUT2D eigenvalue weighted by atomic mass is 10.2. The molecule has 0 spiro atoms. The number of aromatic hydroxyl groups is 1. The molecule has 0 saturated heterocycles. The summed E-state index contributed by atoms with van der Waals surface area (Å²) in [6, 6.07) is 6.37. The summed E-state index contributed by atoms with van der Waals surface area (Å²) < 4.78 is 67.7. The second-order valence-corrected chi connectivity index (χ2v) is 8.51. The summed E-state index contributed by atoms with van der Waals surface area (Å²) in [6.07, 6.45) is 1.78. The van der Waals surface area contributed by atoms with Gasteiger partial charge in [0.1, 0.15) is 5.82 Å². The van der Waals surface area contributed by atoms with Crippen molar-refractivity contribution >= 4 is 21.7 Å². The summed E-state index contributed by atoms with van der Waals surface area (Å²) in [7, 11) is -5.55. The average molecular weight is 486 g/mol. The molecular weight excluding hydrogens is 469 g/mol. The summed E-state index contributed by atoms with van der Waals surface area (Å²) in [6.45, 7) is 1.76. The van der Waals surface area contributed by atoms with Crippen molar-refractivity contribution in [3.05, 3.63) is 64.8 Å². The first-order valence-electron chi connectivity index (χ1n) is 9.25. The number of benzene rings is 1. The van der Waals surface area contributed by atoms with Crippen LogP contribution < -0.4 is 11.0 Å². The predicted molar refractivity (Wildman–Crippen MR) is 109 cm³/mol. The van der Waals surface area contributed by atoms with E-state index in [0.717, 1.165) is 27.5 Å². The van der Waals surface area contributed by atoms with Gasteiger partial charge in [-0.3, -0.25) is 9.88 Å². The Balaban J connectivity index is 1.87. The fourth-order valence-corrected chi connectivity index (χ4v) is 3.61. The molecular formula is C19H17F3N4O6S. The van der Waals surface area contributed by atoms with E-state index in [1.807, 2.05) is 0 Å². The minimum Gasteiger partial charge on any atom is -0.493 e. The SMILES string of the molecule is CCOC(=O)Nc1cc(Cn2cc(O)n(-c3ccc(S(=O)(=O)C(F)(F)F)cc3)c2=O)ccn1. The number of hydrogen-bond donors (Lipinski definition) is 2. The number of sulfone groups is 1. The topological polar surface area (TPSA) is 133 Å².